The highest BCUT2D eigenvalue weighted by molar-refractivity contribution is 5.94. The molecule has 4 nitrogen and oxygen atoms in total. The Balaban J connectivity index is 1.74. The molecule has 1 fully saturated rings. The third kappa shape index (κ3) is 3.74. The average molecular weight is 329 g/mol. The van der Waals surface area contributed by atoms with Gasteiger partial charge in [-0.15, -0.1) is 0 Å². The van der Waals surface area contributed by atoms with Crippen LogP contribution in [0.15, 0.2) is 48.5 Å². The molecule has 0 spiro atoms. The van der Waals surface area contributed by atoms with Crippen LogP contribution in [0.2, 0.25) is 0 Å². The van der Waals surface area contributed by atoms with Gasteiger partial charge in [0.05, 0.1) is 19.8 Å². The summed E-state index contributed by atoms with van der Waals surface area (Å²) in [5.74, 6) is 0.233. The number of aliphatic hydroxyl groups excluding tert-OH is 1. The first-order valence-corrected chi connectivity index (χ1v) is 7.97. The molecular formula is C19H20FNO3. The quantitative estimate of drug-likeness (QED) is 0.885. The lowest BCUT2D eigenvalue weighted by Crippen LogP contribution is -2.36. The van der Waals surface area contributed by atoms with Crippen LogP contribution < -0.4 is 4.74 Å². The molecule has 3 rings (SSSR count). The van der Waals surface area contributed by atoms with Crippen molar-refractivity contribution in [2.24, 2.45) is 0 Å². The number of ether oxygens (including phenoxy) is 1. The predicted octanol–water partition coefficient (Wildman–Crippen LogP) is 3.17. The summed E-state index contributed by atoms with van der Waals surface area (Å²) in [6, 6.07) is 12.8. The molecule has 0 radical (unpaired) electrons. The molecular weight excluding hydrogens is 309 g/mol. The molecule has 0 bridgehead atoms. The number of hydrogen-bond acceptors (Lipinski definition) is 3. The van der Waals surface area contributed by atoms with E-state index in [1.165, 1.54) is 12.1 Å². The van der Waals surface area contributed by atoms with Crippen molar-refractivity contribution in [3.63, 3.8) is 0 Å². The van der Waals surface area contributed by atoms with Crippen LogP contribution in [0.4, 0.5) is 4.39 Å². The fourth-order valence-electron chi connectivity index (χ4n) is 2.66. The summed E-state index contributed by atoms with van der Waals surface area (Å²) in [5, 5.41) is 10.4. The summed E-state index contributed by atoms with van der Waals surface area (Å²) in [6.07, 6.45) is 1.05. The Kier molecular flexibility index (Phi) is 4.81. The SMILES string of the molecule is COc1ccc(C(=O)N(CC(O)c2ccc(F)cc2)C2CC2)cc1. The number of benzene rings is 2. The molecule has 1 N–H and O–H groups in total. The third-order valence-corrected chi connectivity index (χ3v) is 4.21. The van der Waals surface area contributed by atoms with Crippen molar-refractivity contribution in [3.8, 4) is 5.75 Å². The largest absolute Gasteiger partial charge is 0.497 e. The molecule has 1 unspecified atom stereocenters. The number of aliphatic hydroxyl groups is 1. The molecule has 0 heterocycles. The molecule has 1 amide bonds. The van der Waals surface area contributed by atoms with Crippen LogP contribution >= 0.6 is 0 Å². The van der Waals surface area contributed by atoms with Gasteiger partial charge in [0.2, 0.25) is 0 Å². The van der Waals surface area contributed by atoms with Crippen molar-refractivity contribution < 1.29 is 19.0 Å². The maximum absolute atomic E-state index is 13.0. The van der Waals surface area contributed by atoms with Crippen molar-refractivity contribution in [1.29, 1.82) is 0 Å². The number of halogens is 1. The Morgan fingerprint density at radius 2 is 1.83 bits per heavy atom. The van der Waals surface area contributed by atoms with E-state index in [0.29, 0.717) is 16.9 Å². The van der Waals surface area contributed by atoms with Crippen molar-refractivity contribution in [2.75, 3.05) is 13.7 Å². The Bertz CT molecular complexity index is 696. The normalized spacial score (nSPS) is 15.0. The van der Waals surface area contributed by atoms with Gasteiger partial charge in [0.15, 0.2) is 0 Å². The predicted molar refractivity (Wildman–Crippen MR) is 88.4 cm³/mol. The molecule has 0 saturated heterocycles. The Labute approximate surface area is 140 Å². The van der Waals surface area contributed by atoms with E-state index >= 15 is 0 Å². The number of rotatable bonds is 6. The first-order chi connectivity index (χ1) is 11.6. The molecule has 1 aliphatic carbocycles. The molecule has 2 aromatic rings. The van der Waals surface area contributed by atoms with Crippen LogP contribution in [-0.4, -0.2) is 35.6 Å². The molecule has 5 heteroatoms. The van der Waals surface area contributed by atoms with E-state index in [9.17, 15) is 14.3 Å². The average Bonchev–Trinajstić information content (AvgIpc) is 3.44. The summed E-state index contributed by atoms with van der Waals surface area (Å²) in [6.45, 7) is 0.196. The van der Waals surface area contributed by atoms with E-state index in [4.69, 9.17) is 4.74 Å². The van der Waals surface area contributed by atoms with E-state index in [1.807, 2.05) is 0 Å². The van der Waals surface area contributed by atoms with Crippen molar-refractivity contribution in [2.45, 2.75) is 25.0 Å². The van der Waals surface area contributed by atoms with Gasteiger partial charge in [0.1, 0.15) is 11.6 Å². The summed E-state index contributed by atoms with van der Waals surface area (Å²) in [4.78, 5) is 14.5. The molecule has 2 aromatic carbocycles. The zero-order valence-corrected chi connectivity index (χ0v) is 13.5. The lowest BCUT2D eigenvalue weighted by atomic mass is 10.1. The van der Waals surface area contributed by atoms with Gasteiger partial charge in [0.25, 0.3) is 5.91 Å². The molecule has 0 aliphatic heterocycles. The van der Waals surface area contributed by atoms with Crippen LogP contribution in [0.5, 0.6) is 5.75 Å². The Morgan fingerprint density at radius 3 is 2.38 bits per heavy atom. The van der Waals surface area contributed by atoms with Crippen LogP contribution in [0.3, 0.4) is 0 Å². The molecule has 1 aliphatic rings. The van der Waals surface area contributed by atoms with E-state index in [-0.39, 0.29) is 24.3 Å². The van der Waals surface area contributed by atoms with Crippen LogP contribution in [0, 0.1) is 5.82 Å². The number of methoxy groups -OCH3 is 1. The van der Waals surface area contributed by atoms with Gasteiger partial charge in [-0.3, -0.25) is 4.79 Å². The standard InChI is InChI=1S/C19H20FNO3/c1-24-17-10-4-14(5-11-17)19(23)21(16-8-9-16)12-18(22)13-2-6-15(20)7-3-13/h2-7,10-11,16,18,22H,8-9,12H2,1H3. The second-order valence-corrected chi connectivity index (χ2v) is 5.98. The second-order valence-electron chi connectivity index (χ2n) is 5.98. The maximum atomic E-state index is 13.0. The van der Waals surface area contributed by atoms with Gasteiger partial charge < -0.3 is 14.7 Å². The minimum atomic E-state index is -0.839. The number of carbonyl (C=O) groups is 1. The minimum absolute atomic E-state index is 0.110. The van der Waals surface area contributed by atoms with Crippen LogP contribution in [0.25, 0.3) is 0 Å². The monoisotopic (exact) mass is 329 g/mol. The molecule has 1 atom stereocenters. The lowest BCUT2D eigenvalue weighted by molar-refractivity contribution is 0.0603. The summed E-state index contributed by atoms with van der Waals surface area (Å²) < 4.78 is 18.1. The number of hydrogen-bond donors (Lipinski definition) is 1. The number of amides is 1. The third-order valence-electron chi connectivity index (χ3n) is 4.21. The van der Waals surface area contributed by atoms with E-state index in [2.05, 4.69) is 0 Å². The van der Waals surface area contributed by atoms with Gasteiger partial charge in [0, 0.05) is 11.6 Å². The summed E-state index contributed by atoms with van der Waals surface area (Å²) in [7, 11) is 1.58. The van der Waals surface area contributed by atoms with Gasteiger partial charge in [-0.25, -0.2) is 4.39 Å². The van der Waals surface area contributed by atoms with Gasteiger partial charge in [-0.05, 0) is 54.8 Å². The van der Waals surface area contributed by atoms with Gasteiger partial charge >= 0.3 is 0 Å². The Hall–Kier alpha value is -2.40. The first-order valence-electron chi connectivity index (χ1n) is 7.97. The number of carbonyl (C=O) groups excluding carboxylic acids is 1. The van der Waals surface area contributed by atoms with E-state index in [1.54, 1.807) is 48.4 Å². The highest BCUT2D eigenvalue weighted by Gasteiger charge is 2.34. The smallest absolute Gasteiger partial charge is 0.254 e. The van der Waals surface area contributed by atoms with E-state index < -0.39 is 6.10 Å². The highest BCUT2D eigenvalue weighted by Crippen LogP contribution is 2.30. The second kappa shape index (κ2) is 7.01. The fourth-order valence-corrected chi connectivity index (χ4v) is 2.66. The minimum Gasteiger partial charge on any atom is -0.497 e. The highest BCUT2D eigenvalue weighted by atomic mass is 19.1. The molecule has 0 aromatic heterocycles. The van der Waals surface area contributed by atoms with Gasteiger partial charge in [-0.2, -0.15) is 0 Å². The fraction of sp³-hybridized carbons (Fsp3) is 0.316. The zero-order valence-electron chi connectivity index (χ0n) is 13.5. The summed E-state index contributed by atoms with van der Waals surface area (Å²) >= 11 is 0. The zero-order chi connectivity index (χ0) is 17.1. The van der Waals surface area contributed by atoms with Crippen LogP contribution in [-0.2, 0) is 0 Å². The molecule has 1 saturated carbocycles. The van der Waals surface area contributed by atoms with Crippen molar-refractivity contribution in [1.82, 2.24) is 4.90 Å². The van der Waals surface area contributed by atoms with Gasteiger partial charge in [-0.1, -0.05) is 12.1 Å². The van der Waals surface area contributed by atoms with Crippen LogP contribution in [0.1, 0.15) is 34.9 Å². The van der Waals surface area contributed by atoms with Crippen molar-refractivity contribution >= 4 is 5.91 Å². The summed E-state index contributed by atoms with van der Waals surface area (Å²) in [5.41, 5.74) is 1.17. The Morgan fingerprint density at radius 1 is 1.21 bits per heavy atom. The first kappa shape index (κ1) is 16.5. The van der Waals surface area contributed by atoms with Crippen molar-refractivity contribution in [3.05, 3.63) is 65.5 Å². The topological polar surface area (TPSA) is 49.8 Å². The molecule has 24 heavy (non-hydrogen) atoms. The maximum Gasteiger partial charge on any atom is 0.254 e. The van der Waals surface area contributed by atoms with E-state index in [0.717, 1.165) is 12.8 Å². The molecule has 126 valence electrons. The lowest BCUT2D eigenvalue weighted by Gasteiger charge is -2.25. The number of nitrogens with zero attached hydrogens (tertiary/aromatic N) is 1.